The maximum absolute atomic E-state index is 10.9. The van der Waals surface area contributed by atoms with E-state index in [2.05, 4.69) is 5.32 Å². The second-order valence-electron chi connectivity index (χ2n) is 3.55. The van der Waals surface area contributed by atoms with Crippen molar-refractivity contribution in [3.05, 3.63) is 0 Å². The number of hydrogen-bond donors (Lipinski definition) is 4. The molecular formula is C8H14N2O4S. The number of aliphatic hydroxyl groups is 1. The second-order valence-corrected chi connectivity index (χ2v) is 4.65. The van der Waals surface area contributed by atoms with Crippen LogP contribution in [-0.4, -0.2) is 45.4 Å². The third kappa shape index (κ3) is 2.75. The number of amides is 2. The van der Waals surface area contributed by atoms with Crippen LogP contribution in [0.5, 0.6) is 0 Å². The van der Waals surface area contributed by atoms with Gasteiger partial charge in [0.25, 0.3) is 0 Å². The van der Waals surface area contributed by atoms with E-state index in [0.717, 1.165) is 12.2 Å². The highest BCUT2D eigenvalue weighted by atomic mass is 32.2. The van der Waals surface area contributed by atoms with E-state index >= 15 is 0 Å². The van der Waals surface area contributed by atoms with Gasteiger partial charge in [0.2, 0.25) is 5.91 Å². The Hall–Kier alpha value is -0.950. The zero-order valence-electron chi connectivity index (χ0n) is 8.10. The summed E-state index contributed by atoms with van der Waals surface area (Å²) in [5.74, 6) is 0.365. The van der Waals surface area contributed by atoms with Gasteiger partial charge in [-0.3, -0.25) is 4.79 Å². The fourth-order valence-corrected chi connectivity index (χ4v) is 2.92. The largest absolute Gasteiger partial charge is 0.465 e. The fourth-order valence-electron chi connectivity index (χ4n) is 1.68. The van der Waals surface area contributed by atoms with Crippen LogP contribution in [-0.2, 0) is 4.79 Å². The molecule has 86 valence electrons. The number of nitrogens with one attached hydrogen (secondary N) is 1. The quantitative estimate of drug-likeness (QED) is 0.519. The number of carbonyl (C=O) groups excluding carboxylic acids is 1. The van der Waals surface area contributed by atoms with E-state index in [0.29, 0.717) is 12.2 Å². The standard InChI is InChI=1S/C8H14N2O4S/c9-6(12)5(11)8(10-7(13)14)2-1-3-15-4-8/h5,10-11H,1-4H2,(H2,9,12)(H,13,14). The Balaban J connectivity index is 2.83. The van der Waals surface area contributed by atoms with Gasteiger partial charge in [0.05, 0.1) is 5.54 Å². The van der Waals surface area contributed by atoms with Gasteiger partial charge in [0, 0.05) is 5.75 Å². The molecule has 0 aromatic heterocycles. The molecule has 2 amide bonds. The summed E-state index contributed by atoms with van der Waals surface area (Å²) in [6, 6.07) is 0. The average molecular weight is 234 g/mol. The topological polar surface area (TPSA) is 113 Å². The predicted octanol–water partition coefficient (Wildman–Crippen LogP) is -0.634. The van der Waals surface area contributed by atoms with E-state index in [9.17, 15) is 14.7 Å². The second kappa shape index (κ2) is 4.71. The summed E-state index contributed by atoms with van der Waals surface area (Å²) < 4.78 is 0. The molecule has 6 nitrogen and oxygen atoms in total. The molecule has 0 aromatic rings. The number of primary amides is 1. The lowest BCUT2D eigenvalue weighted by Gasteiger charge is -2.38. The van der Waals surface area contributed by atoms with E-state index < -0.39 is 23.6 Å². The van der Waals surface area contributed by atoms with Gasteiger partial charge in [-0.05, 0) is 18.6 Å². The van der Waals surface area contributed by atoms with Crippen molar-refractivity contribution in [2.45, 2.75) is 24.5 Å². The summed E-state index contributed by atoms with van der Waals surface area (Å²) in [6.45, 7) is 0. The summed E-state index contributed by atoms with van der Waals surface area (Å²) in [7, 11) is 0. The predicted molar refractivity (Wildman–Crippen MR) is 55.7 cm³/mol. The molecule has 1 fully saturated rings. The summed E-state index contributed by atoms with van der Waals surface area (Å²) in [5, 5.41) is 20.5. The van der Waals surface area contributed by atoms with Gasteiger partial charge in [-0.1, -0.05) is 0 Å². The van der Waals surface area contributed by atoms with Crippen molar-refractivity contribution in [2.75, 3.05) is 11.5 Å². The van der Waals surface area contributed by atoms with Crippen LogP contribution < -0.4 is 11.1 Å². The monoisotopic (exact) mass is 234 g/mol. The zero-order valence-corrected chi connectivity index (χ0v) is 8.92. The van der Waals surface area contributed by atoms with Crippen molar-refractivity contribution in [1.29, 1.82) is 0 Å². The average Bonchev–Trinajstić information content (AvgIpc) is 2.16. The Morgan fingerprint density at radius 3 is 2.60 bits per heavy atom. The van der Waals surface area contributed by atoms with Gasteiger partial charge in [-0.25, -0.2) is 4.79 Å². The van der Waals surface area contributed by atoms with Crippen molar-refractivity contribution in [3.8, 4) is 0 Å². The van der Waals surface area contributed by atoms with Gasteiger partial charge in [-0.2, -0.15) is 11.8 Å². The molecule has 7 heteroatoms. The van der Waals surface area contributed by atoms with Gasteiger partial charge < -0.3 is 21.3 Å². The van der Waals surface area contributed by atoms with Crippen LogP contribution >= 0.6 is 11.8 Å². The van der Waals surface area contributed by atoms with E-state index in [1.54, 1.807) is 0 Å². The molecule has 5 N–H and O–H groups in total. The number of hydrogen-bond acceptors (Lipinski definition) is 4. The molecule has 0 bridgehead atoms. The normalized spacial score (nSPS) is 28.1. The van der Waals surface area contributed by atoms with Gasteiger partial charge in [0.1, 0.15) is 0 Å². The minimum Gasteiger partial charge on any atom is -0.465 e. The Bertz CT molecular complexity index is 265. The third-order valence-corrected chi connectivity index (χ3v) is 3.72. The van der Waals surface area contributed by atoms with Gasteiger partial charge in [0.15, 0.2) is 6.10 Å². The molecule has 1 aliphatic heterocycles. The Labute approximate surface area is 91.2 Å². The number of rotatable bonds is 3. The van der Waals surface area contributed by atoms with Gasteiger partial charge in [-0.15, -0.1) is 0 Å². The minimum atomic E-state index is -1.47. The van der Waals surface area contributed by atoms with Crippen molar-refractivity contribution < 1.29 is 19.8 Å². The molecule has 0 spiro atoms. The molecule has 0 radical (unpaired) electrons. The van der Waals surface area contributed by atoms with Crippen LogP contribution in [0, 0.1) is 0 Å². The molecule has 1 heterocycles. The molecule has 2 atom stereocenters. The molecule has 1 saturated heterocycles. The lowest BCUT2D eigenvalue weighted by molar-refractivity contribution is -0.129. The van der Waals surface area contributed by atoms with Crippen LogP contribution in [0.3, 0.4) is 0 Å². The third-order valence-electron chi connectivity index (χ3n) is 2.42. The highest BCUT2D eigenvalue weighted by Crippen LogP contribution is 2.29. The molecule has 15 heavy (non-hydrogen) atoms. The van der Waals surface area contributed by atoms with Crippen molar-refractivity contribution in [3.63, 3.8) is 0 Å². The summed E-state index contributed by atoms with van der Waals surface area (Å²) in [4.78, 5) is 21.5. The van der Waals surface area contributed by atoms with Crippen LogP contribution in [0.2, 0.25) is 0 Å². The Morgan fingerprint density at radius 1 is 1.53 bits per heavy atom. The minimum absolute atomic E-state index is 0.364. The van der Waals surface area contributed by atoms with E-state index in [1.165, 1.54) is 11.8 Å². The van der Waals surface area contributed by atoms with Gasteiger partial charge >= 0.3 is 6.09 Å². The first-order valence-electron chi connectivity index (χ1n) is 4.54. The molecular weight excluding hydrogens is 220 g/mol. The van der Waals surface area contributed by atoms with Crippen molar-refractivity contribution in [1.82, 2.24) is 5.32 Å². The van der Waals surface area contributed by atoms with Crippen molar-refractivity contribution >= 4 is 23.8 Å². The first-order chi connectivity index (χ1) is 6.98. The highest BCUT2D eigenvalue weighted by Gasteiger charge is 2.43. The first kappa shape index (κ1) is 12.1. The molecule has 1 rings (SSSR count). The fraction of sp³-hybridized carbons (Fsp3) is 0.750. The Kier molecular flexibility index (Phi) is 3.81. The molecule has 1 aliphatic rings. The summed E-state index contributed by atoms with van der Waals surface area (Å²) in [5.41, 5.74) is 3.87. The highest BCUT2D eigenvalue weighted by molar-refractivity contribution is 7.99. The number of nitrogens with two attached hydrogens (primary N) is 1. The SMILES string of the molecule is NC(=O)C(O)C1(NC(=O)O)CCCSC1. The van der Waals surface area contributed by atoms with Crippen LogP contribution in [0.1, 0.15) is 12.8 Å². The summed E-state index contributed by atoms with van der Waals surface area (Å²) in [6.07, 6.45) is -1.55. The lowest BCUT2D eigenvalue weighted by Crippen LogP contribution is -2.63. The maximum Gasteiger partial charge on any atom is 0.405 e. The lowest BCUT2D eigenvalue weighted by atomic mass is 9.88. The maximum atomic E-state index is 10.9. The molecule has 0 aromatic carbocycles. The number of thioether (sulfide) groups is 1. The molecule has 2 unspecified atom stereocenters. The van der Waals surface area contributed by atoms with Crippen LogP contribution in [0.25, 0.3) is 0 Å². The Morgan fingerprint density at radius 2 is 2.20 bits per heavy atom. The summed E-state index contributed by atoms with van der Waals surface area (Å²) >= 11 is 1.50. The molecule has 0 saturated carbocycles. The van der Waals surface area contributed by atoms with E-state index in [1.807, 2.05) is 0 Å². The van der Waals surface area contributed by atoms with Crippen LogP contribution in [0.4, 0.5) is 4.79 Å². The zero-order chi connectivity index (χ0) is 11.5. The smallest absolute Gasteiger partial charge is 0.405 e. The number of carbonyl (C=O) groups is 2. The first-order valence-corrected chi connectivity index (χ1v) is 5.70. The van der Waals surface area contributed by atoms with Crippen LogP contribution in [0.15, 0.2) is 0 Å². The van der Waals surface area contributed by atoms with Crippen molar-refractivity contribution in [2.24, 2.45) is 5.73 Å². The number of carboxylic acid groups (broad SMARTS) is 1. The van der Waals surface area contributed by atoms with E-state index in [-0.39, 0.29) is 0 Å². The van der Waals surface area contributed by atoms with E-state index in [4.69, 9.17) is 10.8 Å². The number of aliphatic hydroxyl groups excluding tert-OH is 1. The molecule has 0 aliphatic carbocycles.